The van der Waals surface area contributed by atoms with Gasteiger partial charge in [-0.1, -0.05) is 45.0 Å². The number of sulfonamides is 1. The van der Waals surface area contributed by atoms with Gasteiger partial charge in [-0.3, -0.25) is 4.79 Å². The second kappa shape index (κ2) is 11.8. The van der Waals surface area contributed by atoms with Crippen LogP contribution in [-0.2, 0) is 14.8 Å². The zero-order chi connectivity index (χ0) is 24.6. The third-order valence-corrected chi connectivity index (χ3v) is 7.50. The number of nitrogens with one attached hydrogen (secondary N) is 3. The Morgan fingerprint density at radius 3 is 1.70 bits per heavy atom. The van der Waals surface area contributed by atoms with Crippen molar-refractivity contribution < 1.29 is 18.0 Å². The van der Waals surface area contributed by atoms with Crippen molar-refractivity contribution >= 4 is 27.6 Å². The Labute approximate surface area is 196 Å². The monoisotopic (exact) mass is 474 g/mol. The lowest BCUT2D eigenvalue weighted by Crippen LogP contribution is -2.38. The number of carbonyl (C=O) groups is 2. The van der Waals surface area contributed by atoms with Gasteiger partial charge in [-0.25, -0.2) is 13.2 Å². The molecule has 3 amide bonds. The lowest BCUT2D eigenvalue weighted by atomic mass is 10.1. The van der Waals surface area contributed by atoms with Crippen molar-refractivity contribution in [1.82, 2.24) is 14.9 Å². The van der Waals surface area contributed by atoms with Crippen molar-refractivity contribution in [2.45, 2.75) is 58.0 Å². The summed E-state index contributed by atoms with van der Waals surface area (Å²) in [4.78, 5) is 24.2. The molecule has 0 saturated heterocycles. The van der Waals surface area contributed by atoms with E-state index in [1.807, 2.05) is 26.0 Å². The van der Waals surface area contributed by atoms with Crippen LogP contribution in [-0.4, -0.2) is 37.8 Å². The largest absolute Gasteiger partial charge is 0.332 e. The maximum Gasteiger partial charge on any atom is 0.315 e. The molecule has 0 radical (unpaired) electrons. The van der Waals surface area contributed by atoms with Crippen molar-refractivity contribution in [2.24, 2.45) is 0 Å². The summed E-state index contributed by atoms with van der Waals surface area (Å²) in [6.45, 7) is 9.93. The Kier molecular flexibility index (Phi) is 9.43. The molecule has 180 valence electrons. The Bertz CT molecular complexity index is 1030. The number of urea groups is 1. The fourth-order valence-corrected chi connectivity index (χ4v) is 4.81. The van der Waals surface area contributed by atoms with Gasteiger partial charge < -0.3 is 16.0 Å². The Morgan fingerprint density at radius 1 is 0.818 bits per heavy atom. The number of nitrogens with zero attached hydrogens (tertiary/aromatic N) is 1. The molecule has 0 saturated carbocycles. The molecular weight excluding hydrogens is 440 g/mol. The highest BCUT2D eigenvalue weighted by Gasteiger charge is 2.22. The van der Waals surface area contributed by atoms with Crippen LogP contribution in [0.2, 0.25) is 0 Å². The van der Waals surface area contributed by atoms with Crippen LogP contribution < -0.4 is 16.0 Å². The van der Waals surface area contributed by atoms with Gasteiger partial charge in [-0.15, -0.1) is 0 Å². The van der Waals surface area contributed by atoms with Gasteiger partial charge in [0.05, 0.1) is 17.0 Å². The van der Waals surface area contributed by atoms with Crippen LogP contribution >= 0.6 is 0 Å². The molecule has 0 fully saturated rings. The predicted molar refractivity (Wildman–Crippen MR) is 130 cm³/mol. The highest BCUT2D eigenvalue weighted by molar-refractivity contribution is 7.89. The first kappa shape index (κ1) is 26.3. The molecule has 0 aliphatic heterocycles. The SMILES string of the molecule is CCC(=O)Nc1ccc(C(C)NC(=O)NC(C)c2ccc(S(=O)(=O)N(CC)CC)cc2)cc1. The Hall–Kier alpha value is -2.91. The van der Waals surface area contributed by atoms with Crippen LogP contribution in [0.25, 0.3) is 0 Å². The fourth-order valence-electron chi connectivity index (χ4n) is 3.35. The summed E-state index contributed by atoms with van der Waals surface area (Å²) in [6.07, 6.45) is 0.409. The molecule has 3 N–H and O–H groups in total. The average Bonchev–Trinajstić information content (AvgIpc) is 2.80. The summed E-state index contributed by atoms with van der Waals surface area (Å²) >= 11 is 0. The number of hydrogen-bond acceptors (Lipinski definition) is 4. The predicted octanol–water partition coefficient (Wildman–Crippen LogP) is 4.19. The van der Waals surface area contributed by atoms with Gasteiger partial charge in [-0.2, -0.15) is 4.31 Å². The number of anilines is 1. The van der Waals surface area contributed by atoms with E-state index in [1.165, 1.54) is 4.31 Å². The van der Waals surface area contributed by atoms with Crippen LogP contribution in [0.4, 0.5) is 10.5 Å². The summed E-state index contributed by atoms with van der Waals surface area (Å²) in [5.41, 5.74) is 2.41. The number of hydrogen-bond donors (Lipinski definition) is 3. The zero-order valence-corrected chi connectivity index (χ0v) is 20.7. The molecule has 2 unspecified atom stereocenters. The number of carbonyl (C=O) groups excluding carboxylic acids is 2. The van der Waals surface area contributed by atoms with E-state index >= 15 is 0 Å². The lowest BCUT2D eigenvalue weighted by molar-refractivity contribution is -0.115. The highest BCUT2D eigenvalue weighted by Crippen LogP contribution is 2.20. The zero-order valence-electron chi connectivity index (χ0n) is 19.9. The molecule has 0 spiro atoms. The normalized spacial score (nSPS) is 13.3. The van der Waals surface area contributed by atoms with E-state index in [-0.39, 0.29) is 28.9 Å². The molecule has 2 atom stereocenters. The summed E-state index contributed by atoms with van der Waals surface area (Å²) in [5.74, 6) is -0.0547. The third kappa shape index (κ3) is 7.03. The molecule has 2 rings (SSSR count). The Morgan fingerprint density at radius 2 is 1.27 bits per heavy atom. The third-order valence-electron chi connectivity index (χ3n) is 5.43. The van der Waals surface area contributed by atoms with Crippen molar-refractivity contribution in [3.63, 3.8) is 0 Å². The Balaban J connectivity index is 1.96. The minimum absolute atomic E-state index is 0.0547. The van der Waals surface area contributed by atoms with E-state index in [0.29, 0.717) is 25.2 Å². The van der Waals surface area contributed by atoms with Gasteiger partial charge in [0.1, 0.15) is 0 Å². The van der Waals surface area contributed by atoms with Crippen molar-refractivity contribution in [1.29, 1.82) is 0 Å². The molecular formula is C24H34N4O4S. The quantitative estimate of drug-likeness (QED) is 0.480. The van der Waals surface area contributed by atoms with E-state index in [1.54, 1.807) is 57.2 Å². The maximum atomic E-state index is 12.6. The van der Waals surface area contributed by atoms with Gasteiger partial charge >= 0.3 is 6.03 Å². The molecule has 33 heavy (non-hydrogen) atoms. The molecule has 0 aliphatic rings. The van der Waals surface area contributed by atoms with Gasteiger partial charge in [-0.05, 0) is 49.2 Å². The number of amides is 3. The summed E-state index contributed by atoms with van der Waals surface area (Å²) in [6, 6.07) is 13.0. The topological polar surface area (TPSA) is 108 Å². The van der Waals surface area contributed by atoms with Gasteiger partial charge in [0.25, 0.3) is 0 Å². The van der Waals surface area contributed by atoms with Gasteiger partial charge in [0.2, 0.25) is 15.9 Å². The fraction of sp³-hybridized carbons (Fsp3) is 0.417. The summed E-state index contributed by atoms with van der Waals surface area (Å²) in [5, 5.41) is 8.56. The van der Waals surface area contributed by atoms with E-state index in [9.17, 15) is 18.0 Å². The molecule has 0 bridgehead atoms. The molecule has 0 heterocycles. The van der Waals surface area contributed by atoms with E-state index in [0.717, 1.165) is 11.1 Å². The van der Waals surface area contributed by atoms with Crippen LogP contribution in [0, 0.1) is 0 Å². The standard InChI is InChI=1S/C24H34N4O4S/c1-6-23(29)27-21-13-9-19(10-14-21)17(4)25-24(30)26-18(5)20-11-15-22(16-12-20)33(31,32)28(7-2)8-3/h9-18H,6-8H2,1-5H3,(H,27,29)(H2,25,26,30). The van der Waals surface area contributed by atoms with Crippen molar-refractivity contribution in [3.05, 3.63) is 59.7 Å². The minimum atomic E-state index is -3.51. The van der Waals surface area contributed by atoms with Crippen molar-refractivity contribution in [3.8, 4) is 0 Å². The average molecular weight is 475 g/mol. The lowest BCUT2D eigenvalue weighted by Gasteiger charge is -2.20. The molecule has 0 aromatic heterocycles. The first-order valence-corrected chi connectivity index (χ1v) is 12.6. The molecule has 0 aliphatic carbocycles. The molecule has 2 aromatic carbocycles. The molecule has 9 heteroatoms. The van der Waals surface area contributed by atoms with Gasteiger partial charge in [0, 0.05) is 25.2 Å². The van der Waals surface area contributed by atoms with Crippen LogP contribution in [0.3, 0.4) is 0 Å². The number of benzene rings is 2. The molecule has 8 nitrogen and oxygen atoms in total. The summed E-state index contributed by atoms with van der Waals surface area (Å²) in [7, 11) is -3.51. The van der Waals surface area contributed by atoms with Crippen LogP contribution in [0.5, 0.6) is 0 Å². The second-order valence-electron chi connectivity index (χ2n) is 7.74. The summed E-state index contributed by atoms with van der Waals surface area (Å²) < 4.78 is 26.7. The number of rotatable bonds is 10. The van der Waals surface area contributed by atoms with Crippen molar-refractivity contribution in [2.75, 3.05) is 18.4 Å². The maximum absolute atomic E-state index is 12.6. The second-order valence-corrected chi connectivity index (χ2v) is 9.68. The minimum Gasteiger partial charge on any atom is -0.332 e. The first-order valence-electron chi connectivity index (χ1n) is 11.2. The van der Waals surface area contributed by atoms with E-state index < -0.39 is 10.0 Å². The highest BCUT2D eigenvalue weighted by atomic mass is 32.2. The smallest absolute Gasteiger partial charge is 0.315 e. The van der Waals surface area contributed by atoms with E-state index in [4.69, 9.17) is 0 Å². The van der Waals surface area contributed by atoms with Crippen LogP contribution in [0.15, 0.2) is 53.4 Å². The molecule has 2 aromatic rings. The first-order chi connectivity index (χ1) is 15.6. The van der Waals surface area contributed by atoms with Crippen LogP contribution in [0.1, 0.15) is 64.3 Å². The van der Waals surface area contributed by atoms with Gasteiger partial charge in [0.15, 0.2) is 0 Å². The van der Waals surface area contributed by atoms with E-state index in [2.05, 4.69) is 16.0 Å².